The zero-order valence-corrected chi connectivity index (χ0v) is 11.9. The molecule has 0 spiro atoms. The third-order valence-electron chi connectivity index (χ3n) is 2.80. The Bertz CT molecular complexity index is 753. The molecule has 0 saturated heterocycles. The molecule has 102 valence electrons. The Morgan fingerprint density at radius 1 is 1.20 bits per heavy atom. The Morgan fingerprint density at radius 2 is 1.95 bits per heavy atom. The highest BCUT2D eigenvalue weighted by Crippen LogP contribution is 2.20. The molecule has 3 N–H and O–H groups in total. The van der Waals surface area contributed by atoms with Gasteiger partial charge in [0.05, 0.1) is 5.69 Å². The molecule has 0 aliphatic carbocycles. The molecule has 20 heavy (non-hydrogen) atoms. The summed E-state index contributed by atoms with van der Waals surface area (Å²) >= 11 is 3.42. The first kappa shape index (κ1) is 13.0. The lowest BCUT2D eigenvalue weighted by Gasteiger charge is -2.05. The van der Waals surface area contributed by atoms with E-state index in [0.717, 1.165) is 16.0 Å². The van der Waals surface area contributed by atoms with Crippen LogP contribution in [0.5, 0.6) is 0 Å². The fraction of sp³-hybridized carbons (Fsp3) is 0.0769. The minimum Gasteiger partial charge on any atom is -0.339 e. The normalized spacial score (nSPS) is 10.9. The SMILES string of the molecule is NCc1nc2ccc(Nc3ccc(F)cc3)nn2c1Br. The zero-order valence-electron chi connectivity index (χ0n) is 10.3. The number of nitrogens with zero attached hydrogens (tertiary/aromatic N) is 3. The van der Waals surface area contributed by atoms with Gasteiger partial charge in [-0.3, -0.25) is 0 Å². The van der Waals surface area contributed by atoms with Crippen molar-refractivity contribution in [3.63, 3.8) is 0 Å². The quantitative estimate of drug-likeness (QED) is 0.772. The lowest BCUT2D eigenvalue weighted by Crippen LogP contribution is -2.00. The number of fused-ring (bicyclic) bond motifs is 1. The van der Waals surface area contributed by atoms with Gasteiger partial charge < -0.3 is 11.1 Å². The first-order valence-electron chi connectivity index (χ1n) is 5.94. The molecule has 0 unspecified atom stereocenters. The molecule has 0 bridgehead atoms. The number of anilines is 2. The summed E-state index contributed by atoms with van der Waals surface area (Å²) in [6.07, 6.45) is 0. The molecule has 5 nitrogen and oxygen atoms in total. The standard InChI is InChI=1S/C13H11BrFN5/c14-13-10(7-16)18-12-6-5-11(19-20(12)13)17-9-3-1-8(15)2-4-9/h1-6H,7,16H2,(H,17,19). The van der Waals surface area contributed by atoms with E-state index in [-0.39, 0.29) is 5.82 Å². The van der Waals surface area contributed by atoms with Crippen LogP contribution in [0.3, 0.4) is 0 Å². The van der Waals surface area contributed by atoms with Gasteiger partial charge in [0.2, 0.25) is 0 Å². The largest absolute Gasteiger partial charge is 0.339 e. The highest BCUT2D eigenvalue weighted by atomic mass is 79.9. The monoisotopic (exact) mass is 335 g/mol. The molecule has 3 rings (SSSR count). The number of imidazole rings is 1. The third-order valence-corrected chi connectivity index (χ3v) is 3.59. The van der Waals surface area contributed by atoms with Crippen LogP contribution < -0.4 is 11.1 Å². The maximum absolute atomic E-state index is 12.9. The Balaban J connectivity index is 1.96. The van der Waals surface area contributed by atoms with Crippen LogP contribution in [-0.2, 0) is 6.54 Å². The molecule has 0 atom stereocenters. The summed E-state index contributed by atoms with van der Waals surface area (Å²) in [5.41, 5.74) is 7.82. The van der Waals surface area contributed by atoms with E-state index in [1.165, 1.54) is 12.1 Å². The summed E-state index contributed by atoms with van der Waals surface area (Å²) in [7, 11) is 0. The minimum atomic E-state index is -0.274. The van der Waals surface area contributed by atoms with Crippen LogP contribution >= 0.6 is 15.9 Å². The fourth-order valence-electron chi connectivity index (χ4n) is 1.83. The molecular weight excluding hydrogens is 325 g/mol. The van der Waals surface area contributed by atoms with Gasteiger partial charge in [0.15, 0.2) is 11.5 Å². The van der Waals surface area contributed by atoms with Crippen LogP contribution in [0, 0.1) is 5.82 Å². The van der Waals surface area contributed by atoms with Crippen LogP contribution in [0.15, 0.2) is 41.0 Å². The van der Waals surface area contributed by atoms with Gasteiger partial charge in [-0.2, -0.15) is 0 Å². The van der Waals surface area contributed by atoms with Crippen molar-refractivity contribution < 1.29 is 4.39 Å². The predicted molar refractivity (Wildman–Crippen MR) is 78.3 cm³/mol. The van der Waals surface area contributed by atoms with Gasteiger partial charge in [-0.25, -0.2) is 13.9 Å². The highest BCUT2D eigenvalue weighted by molar-refractivity contribution is 9.10. The van der Waals surface area contributed by atoms with Crippen LogP contribution in [-0.4, -0.2) is 14.6 Å². The van der Waals surface area contributed by atoms with E-state index in [4.69, 9.17) is 5.73 Å². The molecule has 1 aromatic carbocycles. The van der Waals surface area contributed by atoms with Gasteiger partial charge in [0.1, 0.15) is 10.4 Å². The molecule has 2 aromatic heterocycles. The number of rotatable bonds is 3. The summed E-state index contributed by atoms with van der Waals surface area (Å²) in [5, 5.41) is 7.51. The minimum absolute atomic E-state index is 0.274. The molecule has 0 fully saturated rings. The van der Waals surface area contributed by atoms with Crippen molar-refractivity contribution in [2.45, 2.75) is 6.54 Å². The molecule has 3 aromatic rings. The van der Waals surface area contributed by atoms with Gasteiger partial charge >= 0.3 is 0 Å². The molecular formula is C13H11BrFN5. The van der Waals surface area contributed by atoms with Gasteiger partial charge in [-0.05, 0) is 52.3 Å². The smallest absolute Gasteiger partial charge is 0.155 e. The first-order valence-corrected chi connectivity index (χ1v) is 6.73. The maximum atomic E-state index is 12.9. The summed E-state index contributed by atoms with van der Waals surface area (Å²) in [5.74, 6) is 0.356. The Kier molecular flexibility index (Phi) is 3.37. The average molecular weight is 336 g/mol. The predicted octanol–water partition coefficient (Wildman–Crippen LogP) is 2.83. The second-order valence-corrected chi connectivity index (χ2v) is 4.93. The number of aromatic nitrogens is 3. The molecule has 0 radical (unpaired) electrons. The highest BCUT2D eigenvalue weighted by Gasteiger charge is 2.09. The topological polar surface area (TPSA) is 68.2 Å². The van der Waals surface area contributed by atoms with E-state index in [0.29, 0.717) is 18.0 Å². The fourth-order valence-corrected chi connectivity index (χ4v) is 2.34. The molecule has 7 heteroatoms. The van der Waals surface area contributed by atoms with Crippen molar-refractivity contribution in [2.24, 2.45) is 5.73 Å². The van der Waals surface area contributed by atoms with Crippen LogP contribution in [0.25, 0.3) is 5.65 Å². The van der Waals surface area contributed by atoms with Crippen molar-refractivity contribution in [1.29, 1.82) is 0 Å². The van der Waals surface area contributed by atoms with Crippen LogP contribution in [0.4, 0.5) is 15.9 Å². The molecule has 0 aliphatic rings. The van der Waals surface area contributed by atoms with Gasteiger partial charge in [-0.15, -0.1) is 5.10 Å². The van der Waals surface area contributed by atoms with Crippen molar-refractivity contribution in [3.05, 3.63) is 52.5 Å². The first-order chi connectivity index (χ1) is 9.67. The number of nitrogens with one attached hydrogen (secondary N) is 1. The lowest BCUT2D eigenvalue weighted by molar-refractivity contribution is 0.628. The van der Waals surface area contributed by atoms with E-state index >= 15 is 0 Å². The van der Waals surface area contributed by atoms with Crippen LogP contribution in [0.1, 0.15) is 5.69 Å². The number of hydrogen-bond donors (Lipinski definition) is 2. The summed E-state index contributed by atoms with van der Waals surface area (Å²) in [6, 6.07) is 9.72. The van der Waals surface area contributed by atoms with E-state index in [1.807, 2.05) is 6.07 Å². The Morgan fingerprint density at radius 3 is 2.65 bits per heavy atom. The third kappa shape index (κ3) is 2.37. The molecule has 2 heterocycles. The molecule has 0 saturated carbocycles. The summed E-state index contributed by atoms with van der Waals surface area (Å²) < 4.78 is 15.2. The molecule has 0 aliphatic heterocycles. The Labute approximate surface area is 122 Å². The number of hydrogen-bond acceptors (Lipinski definition) is 4. The van der Waals surface area contributed by atoms with E-state index in [1.54, 1.807) is 22.7 Å². The lowest BCUT2D eigenvalue weighted by atomic mass is 10.3. The second kappa shape index (κ2) is 5.18. The van der Waals surface area contributed by atoms with Gasteiger partial charge in [-0.1, -0.05) is 0 Å². The maximum Gasteiger partial charge on any atom is 0.155 e. The van der Waals surface area contributed by atoms with Crippen molar-refractivity contribution in [1.82, 2.24) is 14.6 Å². The van der Waals surface area contributed by atoms with Crippen LogP contribution in [0.2, 0.25) is 0 Å². The van der Waals surface area contributed by atoms with Crippen molar-refractivity contribution >= 4 is 33.1 Å². The summed E-state index contributed by atoms with van der Waals surface area (Å²) in [6.45, 7) is 0.338. The van der Waals surface area contributed by atoms with Gasteiger partial charge in [0, 0.05) is 12.2 Å². The summed E-state index contributed by atoms with van der Waals surface area (Å²) in [4.78, 5) is 4.34. The van der Waals surface area contributed by atoms with E-state index in [9.17, 15) is 4.39 Å². The van der Waals surface area contributed by atoms with Crippen molar-refractivity contribution in [3.8, 4) is 0 Å². The van der Waals surface area contributed by atoms with Gasteiger partial charge in [0.25, 0.3) is 0 Å². The number of halogens is 2. The van der Waals surface area contributed by atoms with E-state index in [2.05, 4.69) is 31.3 Å². The average Bonchev–Trinajstić information content (AvgIpc) is 2.78. The number of benzene rings is 1. The Hall–Kier alpha value is -1.99. The number of nitrogens with two attached hydrogens (primary N) is 1. The van der Waals surface area contributed by atoms with E-state index < -0.39 is 0 Å². The van der Waals surface area contributed by atoms with Crippen molar-refractivity contribution in [2.75, 3.05) is 5.32 Å². The molecule has 0 amide bonds. The zero-order chi connectivity index (χ0) is 14.1. The second-order valence-electron chi connectivity index (χ2n) is 4.17.